The van der Waals surface area contributed by atoms with Crippen molar-refractivity contribution in [2.24, 2.45) is 0 Å². The molecule has 2 aliphatic heterocycles. The molecule has 2 aromatic carbocycles. The zero-order chi connectivity index (χ0) is 27.7. The summed E-state index contributed by atoms with van der Waals surface area (Å²) in [4.78, 5) is 17.1. The number of ether oxygens (including phenoxy) is 1. The summed E-state index contributed by atoms with van der Waals surface area (Å²) < 4.78 is 35.8. The molecule has 2 aromatic heterocycles. The summed E-state index contributed by atoms with van der Waals surface area (Å²) in [5.41, 5.74) is 6.34. The van der Waals surface area contributed by atoms with Crippen LogP contribution in [-0.2, 0) is 0 Å². The van der Waals surface area contributed by atoms with E-state index < -0.39 is 11.6 Å². The zero-order valence-corrected chi connectivity index (χ0v) is 23.2. The number of nitrogens with zero attached hydrogens (tertiary/aromatic N) is 5. The van der Waals surface area contributed by atoms with Gasteiger partial charge in [0, 0.05) is 36.1 Å². The normalized spacial score (nSPS) is 15.8. The highest BCUT2D eigenvalue weighted by molar-refractivity contribution is 7.22. The first kappa shape index (κ1) is 27.7. The molecule has 39 heavy (non-hydrogen) atoms. The lowest BCUT2D eigenvalue weighted by atomic mass is 10.0. The predicted molar refractivity (Wildman–Crippen MR) is 152 cm³/mol. The SMILES string of the molecule is CN1CCCC1.COc1nc(N(CCO)C2CNC2)c2cc(Cl)c(-c3ccc(F)c4sc(N)nc34)c(F)c2n1. The van der Waals surface area contributed by atoms with Crippen LogP contribution in [0.25, 0.3) is 32.2 Å². The van der Waals surface area contributed by atoms with Gasteiger partial charge in [0.25, 0.3) is 0 Å². The van der Waals surface area contributed by atoms with Gasteiger partial charge in [-0.2, -0.15) is 9.97 Å². The molecule has 2 saturated heterocycles. The van der Waals surface area contributed by atoms with Crippen LogP contribution in [0.3, 0.4) is 0 Å². The third-order valence-electron chi connectivity index (χ3n) is 6.95. The van der Waals surface area contributed by atoms with Crippen molar-refractivity contribution in [2.75, 3.05) is 64.1 Å². The van der Waals surface area contributed by atoms with Crippen molar-refractivity contribution in [1.29, 1.82) is 0 Å². The number of halogens is 3. The number of benzene rings is 2. The zero-order valence-electron chi connectivity index (χ0n) is 21.7. The summed E-state index contributed by atoms with van der Waals surface area (Å²) in [6, 6.07) is 4.27. The van der Waals surface area contributed by atoms with Gasteiger partial charge in [0.05, 0.1) is 35.0 Å². The van der Waals surface area contributed by atoms with Crippen molar-refractivity contribution < 1.29 is 18.6 Å². The van der Waals surface area contributed by atoms with Gasteiger partial charge in [0.2, 0.25) is 0 Å². The predicted octanol–water partition coefficient (Wildman–Crippen LogP) is 3.91. The van der Waals surface area contributed by atoms with Crippen LogP contribution < -0.4 is 20.7 Å². The van der Waals surface area contributed by atoms with E-state index in [0.717, 1.165) is 11.3 Å². The first-order valence-electron chi connectivity index (χ1n) is 12.7. The number of aromatic nitrogens is 3. The number of aliphatic hydroxyl groups is 1. The molecular weight excluding hydrogens is 548 g/mol. The van der Waals surface area contributed by atoms with Crippen LogP contribution in [0.15, 0.2) is 18.2 Å². The van der Waals surface area contributed by atoms with E-state index >= 15 is 4.39 Å². The molecule has 0 atom stereocenters. The molecule has 0 unspecified atom stereocenters. The molecule has 2 aliphatic rings. The van der Waals surface area contributed by atoms with Crippen molar-refractivity contribution in [2.45, 2.75) is 18.9 Å². The van der Waals surface area contributed by atoms with Gasteiger partial charge >= 0.3 is 6.01 Å². The van der Waals surface area contributed by atoms with Gasteiger partial charge in [-0.1, -0.05) is 22.9 Å². The second-order valence-corrected chi connectivity index (χ2v) is 11.0. The summed E-state index contributed by atoms with van der Waals surface area (Å²) in [6.07, 6.45) is 2.83. The number of hydrogen-bond donors (Lipinski definition) is 3. The van der Waals surface area contributed by atoms with E-state index in [1.807, 2.05) is 4.90 Å². The molecule has 0 radical (unpaired) electrons. The Morgan fingerprint density at radius 2 is 1.95 bits per heavy atom. The van der Waals surface area contributed by atoms with Crippen molar-refractivity contribution in [3.05, 3.63) is 34.9 Å². The Morgan fingerprint density at radius 1 is 1.21 bits per heavy atom. The minimum absolute atomic E-state index is 0.00727. The second-order valence-electron chi connectivity index (χ2n) is 9.54. The summed E-state index contributed by atoms with van der Waals surface area (Å²) in [7, 11) is 3.57. The number of aliphatic hydroxyl groups excluding tert-OH is 1. The summed E-state index contributed by atoms with van der Waals surface area (Å²) in [6.45, 7) is 4.21. The maximum absolute atomic E-state index is 16.0. The average molecular weight is 578 g/mol. The largest absolute Gasteiger partial charge is 0.467 e. The van der Waals surface area contributed by atoms with Gasteiger partial charge in [0.1, 0.15) is 17.2 Å². The van der Waals surface area contributed by atoms with Crippen molar-refractivity contribution in [1.82, 2.24) is 25.2 Å². The van der Waals surface area contributed by atoms with Gasteiger partial charge in [-0.25, -0.2) is 13.8 Å². The Labute approximate surface area is 233 Å². The van der Waals surface area contributed by atoms with Crippen molar-refractivity contribution in [3.8, 4) is 17.1 Å². The molecule has 0 amide bonds. The first-order valence-corrected chi connectivity index (χ1v) is 13.9. The summed E-state index contributed by atoms with van der Waals surface area (Å²) >= 11 is 7.57. The number of likely N-dealkylation sites (tertiary alicyclic amines) is 1. The molecule has 0 aliphatic carbocycles. The highest BCUT2D eigenvalue weighted by Gasteiger charge is 2.30. The lowest BCUT2D eigenvalue weighted by molar-refractivity contribution is 0.287. The highest BCUT2D eigenvalue weighted by atomic mass is 35.5. The van der Waals surface area contributed by atoms with Gasteiger partial charge in [-0.3, -0.25) is 0 Å². The quantitative estimate of drug-likeness (QED) is 0.314. The topological polar surface area (TPSA) is 113 Å². The fraction of sp³-hybridized carbons (Fsp3) is 0.423. The fourth-order valence-electron chi connectivity index (χ4n) is 4.85. The van der Waals surface area contributed by atoms with Gasteiger partial charge in [0.15, 0.2) is 10.9 Å². The van der Waals surface area contributed by atoms with Crippen LogP contribution in [0, 0.1) is 11.6 Å². The van der Waals surface area contributed by atoms with Gasteiger partial charge in [-0.15, -0.1) is 0 Å². The minimum Gasteiger partial charge on any atom is -0.467 e. The lowest BCUT2D eigenvalue weighted by Crippen LogP contribution is -2.58. The number of thiazole rings is 1. The Morgan fingerprint density at radius 3 is 2.54 bits per heavy atom. The molecule has 0 saturated carbocycles. The molecule has 4 N–H and O–H groups in total. The number of nitrogens with two attached hydrogens (primary N) is 1. The maximum Gasteiger partial charge on any atom is 0.318 e. The third-order valence-corrected chi connectivity index (χ3v) is 8.14. The van der Waals surface area contributed by atoms with Crippen LogP contribution in [0.2, 0.25) is 5.02 Å². The van der Waals surface area contributed by atoms with E-state index in [1.54, 1.807) is 6.07 Å². The number of nitrogen functional groups attached to an aromatic ring is 1. The van der Waals surface area contributed by atoms with Gasteiger partial charge in [-0.05, 0) is 51.2 Å². The highest BCUT2D eigenvalue weighted by Crippen LogP contribution is 2.42. The smallest absolute Gasteiger partial charge is 0.318 e. The molecule has 6 rings (SSSR count). The Kier molecular flexibility index (Phi) is 8.29. The molecule has 0 bridgehead atoms. The fourth-order valence-corrected chi connectivity index (χ4v) is 5.91. The molecule has 9 nitrogen and oxygen atoms in total. The van der Waals surface area contributed by atoms with E-state index in [1.165, 1.54) is 45.2 Å². The summed E-state index contributed by atoms with van der Waals surface area (Å²) in [5.74, 6) is -0.804. The lowest BCUT2D eigenvalue weighted by Gasteiger charge is -2.39. The van der Waals surface area contributed by atoms with E-state index in [0.29, 0.717) is 36.4 Å². The summed E-state index contributed by atoms with van der Waals surface area (Å²) in [5, 5.41) is 13.4. The number of methoxy groups -OCH3 is 1. The maximum atomic E-state index is 16.0. The van der Waals surface area contributed by atoms with Crippen LogP contribution in [0.1, 0.15) is 12.8 Å². The third kappa shape index (κ3) is 5.44. The van der Waals surface area contributed by atoms with Crippen LogP contribution in [-0.4, -0.2) is 84.5 Å². The number of hydrogen-bond acceptors (Lipinski definition) is 10. The van der Waals surface area contributed by atoms with Crippen LogP contribution in [0.5, 0.6) is 6.01 Å². The number of fused-ring (bicyclic) bond motifs is 2. The van der Waals surface area contributed by atoms with Crippen LogP contribution in [0.4, 0.5) is 19.7 Å². The molecular formula is C26H30ClF2N7O2S. The van der Waals surface area contributed by atoms with Gasteiger partial charge < -0.3 is 30.7 Å². The molecule has 13 heteroatoms. The average Bonchev–Trinajstić information content (AvgIpc) is 3.53. The van der Waals surface area contributed by atoms with Crippen molar-refractivity contribution in [3.63, 3.8) is 0 Å². The van der Waals surface area contributed by atoms with E-state index in [-0.39, 0.29) is 50.1 Å². The molecule has 2 fully saturated rings. The molecule has 4 aromatic rings. The van der Waals surface area contributed by atoms with Crippen LogP contribution >= 0.6 is 22.9 Å². The minimum atomic E-state index is -0.713. The number of rotatable bonds is 6. The Hall–Kier alpha value is -2.90. The first-order chi connectivity index (χ1) is 18.8. The number of anilines is 2. The Bertz CT molecular complexity index is 1490. The van der Waals surface area contributed by atoms with Crippen molar-refractivity contribution >= 4 is 55.0 Å². The Balaban J connectivity index is 0.000000455. The second kappa shape index (κ2) is 11.7. The van der Waals surface area contributed by atoms with E-state index in [9.17, 15) is 9.50 Å². The standard InChI is InChI=1S/C21H19ClF2N6O2S.C5H11N/c1-32-21-28-16-11(19(29-21)30(4-5-31)9-7-26-8-9)6-12(22)14(15(16)24)10-2-3-13(23)18-17(10)27-20(25)33-18;1-6-4-2-3-5-6/h2-3,6,9,26,31H,4-5,7-8H2,1H3,(H2,25,27);2-5H2,1H3. The monoisotopic (exact) mass is 577 g/mol. The number of nitrogens with one attached hydrogen (secondary N) is 1. The van der Waals surface area contributed by atoms with E-state index in [2.05, 4.69) is 32.2 Å². The molecule has 0 spiro atoms. The molecule has 4 heterocycles. The molecule has 208 valence electrons. The van der Waals surface area contributed by atoms with E-state index in [4.69, 9.17) is 22.1 Å².